The summed E-state index contributed by atoms with van der Waals surface area (Å²) in [6.07, 6.45) is 1.78. The van der Waals surface area contributed by atoms with Crippen molar-refractivity contribution in [3.63, 3.8) is 0 Å². The normalized spacial score (nSPS) is 10.4. The molecule has 0 bridgehead atoms. The molecule has 0 unspecified atom stereocenters. The minimum Gasteiger partial charge on any atom is -0.508 e. The van der Waals surface area contributed by atoms with Crippen LogP contribution in [-0.4, -0.2) is 10.1 Å². The Kier molecular flexibility index (Phi) is 3.87. The molecule has 1 aromatic carbocycles. The molecule has 0 saturated carbocycles. The monoisotopic (exact) mass is 306 g/mol. The van der Waals surface area contributed by atoms with Crippen molar-refractivity contribution in [3.05, 3.63) is 51.8 Å². The molecule has 18 heavy (non-hydrogen) atoms. The highest BCUT2D eigenvalue weighted by Crippen LogP contribution is 2.25. The summed E-state index contributed by atoms with van der Waals surface area (Å²) in [7, 11) is 0. The lowest BCUT2D eigenvalue weighted by Gasteiger charge is -2.11. The van der Waals surface area contributed by atoms with Crippen molar-refractivity contribution < 1.29 is 5.11 Å². The Morgan fingerprint density at radius 1 is 1.22 bits per heavy atom. The van der Waals surface area contributed by atoms with Crippen LogP contribution in [-0.2, 0) is 6.54 Å². The van der Waals surface area contributed by atoms with Gasteiger partial charge in [-0.15, -0.1) is 0 Å². The number of phenolic OH excluding ortho intramolecular Hbond substituents is 1. The Balaban J connectivity index is 2.10. The summed E-state index contributed by atoms with van der Waals surface area (Å²) >= 11 is 3.36. The molecule has 2 N–H and O–H groups in total. The summed E-state index contributed by atoms with van der Waals surface area (Å²) in [5.74, 6) is 0.333. The van der Waals surface area contributed by atoms with Gasteiger partial charge >= 0.3 is 0 Å². The van der Waals surface area contributed by atoms with Gasteiger partial charge < -0.3 is 10.4 Å². The van der Waals surface area contributed by atoms with Crippen molar-refractivity contribution in [1.29, 1.82) is 0 Å². The first kappa shape index (κ1) is 12.9. The number of aromatic hydroxyl groups is 1. The fourth-order valence-corrected chi connectivity index (χ4v) is 1.92. The number of benzene rings is 1. The molecule has 3 nitrogen and oxygen atoms in total. The number of anilines is 1. The topological polar surface area (TPSA) is 45.2 Å². The molecule has 0 aliphatic carbocycles. The third kappa shape index (κ3) is 3.01. The molecule has 0 saturated heterocycles. The molecule has 0 aliphatic rings. The van der Waals surface area contributed by atoms with Gasteiger partial charge in [0.05, 0.1) is 12.2 Å². The summed E-state index contributed by atoms with van der Waals surface area (Å²) < 4.78 is 0.975. The lowest BCUT2D eigenvalue weighted by Crippen LogP contribution is -2.03. The van der Waals surface area contributed by atoms with Gasteiger partial charge in [-0.25, -0.2) is 0 Å². The lowest BCUT2D eigenvalue weighted by atomic mass is 10.1. The zero-order valence-electron chi connectivity index (χ0n) is 10.4. The average Bonchev–Trinajstić information content (AvgIpc) is 2.34. The fourth-order valence-electron chi connectivity index (χ4n) is 1.69. The van der Waals surface area contributed by atoms with Gasteiger partial charge in [-0.2, -0.15) is 0 Å². The first-order valence-corrected chi connectivity index (χ1v) is 6.50. The SMILES string of the molecule is Cc1cc(NCc2ccc(Br)cn2)c(C)cc1O. The number of nitrogens with zero attached hydrogens (tertiary/aromatic N) is 1. The van der Waals surface area contributed by atoms with Crippen molar-refractivity contribution in [1.82, 2.24) is 4.98 Å². The first-order valence-electron chi connectivity index (χ1n) is 5.71. The molecule has 1 heterocycles. The summed E-state index contributed by atoms with van der Waals surface area (Å²) in [6.45, 7) is 4.52. The van der Waals surface area contributed by atoms with Crippen LogP contribution in [0.4, 0.5) is 5.69 Å². The van der Waals surface area contributed by atoms with Crippen LogP contribution in [0, 0.1) is 13.8 Å². The third-order valence-electron chi connectivity index (χ3n) is 2.79. The molecular formula is C14H15BrN2O. The van der Waals surface area contributed by atoms with E-state index in [2.05, 4.69) is 26.2 Å². The van der Waals surface area contributed by atoms with Gasteiger partial charge in [0.2, 0.25) is 0 Å². The summed E-state index contributed by atoms with van der Waals surface area (Å²) in [5.41, 5.74) is 3.89. The molecule has 4 heteroatoms. The molecule has 94 valence electrons. The van der Waals surface area contributed by atoms with Gasteiger partial charge in [0.1, 0.15) is 5.75 Å². The van der Waals surface area contributed by atoms with Gasteiger partial charge in [-0.05, 0) is 65.2 Å². The van der Waals surface area contributed by atoms with E-state index >= 15 is 0 Å². The fraction of sp³-hybridized carbons (Fsp3) is 0.214. The molecule has 0 atom stereocenters. The number of hydrogen-bond donors (Lipinski definition) is 2. The van der Waals surface area contributed by atoms with Gasteiger partial charge in [0.15, 0.2) is 0 Å². The first-order chi connectivity index (χ1) is 8.56. The minimum absolute atomic E-state index is 0.333. The second kappa shape index (κ2) is 5.40. The quantitative estimate of drug-likeness (QED) is 0.848. The highest BCUT2D eigenvalue weighted by atomic mass is 79.9. The van der Waals surface area contributed by atoms with E-state index in [1.54, 1.807) is 12.3 Å². The van der Waals surface area contributed by atoms with Gasteiger partial charge in [0, 0.05) is 16.4 Å². The highest BCUT2D eigenvalue weighted by Gasteiger charge is 2.03. The molecule has 1 aromatic heterocycles. The second-order valence-electron chi connectivity index (χ2n) is 4.27. The molecule has 0 spiro atoms. The van der Waals surface area contributed by atoms with Gasteiger partial charge in [0.25, 0.3) is 0 Å². The van der Waals surface area contributed by atoms with Crippen molar-refractivity contribution >= 4 is 21.6 Å². The number of rotatable bonds is 3. The van der Waals surface area contributed by atoms with E-state index in [-0.39, 0.29) is 0 Å². The zero-order chi connectivity index (χ0) is 13.1. The van der Waals surface area contributed by atoms with E-state index in [1.165, 1.54) is 0 Å². The third-order valence-corrected chi connectivity index (χ3v) is 3.26. The number of aryl methyl sites for hydroxylation is 2. The average molecular weight is 307 g/mol. The Labute approximate surface area is 115 Å². The van der Waals surface area contributed by atoms with Gasteiger partial charge in [-0.3, -0.25) is 4.98 Å². The van der Waals surface area contributed by atoms with Crippen LogP contribution in [0.3, 0.4) is 0 Å². The number of pyridine rings is 1. The van der Waals surface area contributed by atoms with Crippen LogP contribution in [0.1, 0.15) is 16.8 Å². The van der Waals surface area contributed by atoms with Crippen molar-refractivity contribution in [2.45, 2.75) is 20.4 Å². The number of nitrogens with one attached hydrogen (secondary N) is 1. The van der Waals surface area contributed by atoms with E-state index in [4.69, 9.17) is 0 Å². The lowest BCUT2D eigenvalue weighted by molar-refractivity contribution is 0.471. The largest absolute Gasteiger partial charge is 0.508 e. The van der Waals surface area contributed by atoms with E-state index in [0.717, 1.165) is 27.0 Å². The van der Waals surface area contributed by atoms with Crippen LogP contribution < -0.4 is 5.32 Å². The summed E-state index contributed by atoms with van der Waals surface area (Å²) in [6, 6.07) is 7.66. The van der Waals surface area contributed by atoms with Gasteiger partial charge in [-0.1, -0.05) is 0 Å². The van der Waals surface area contributed by atoms with Crippen LogP contribution in [0.15, 0.2) is 34.9 Å². The maximum Gasteiger partial charge on any atom is 0.118 e. The number of halogens is 1. The zero-order valence-corrected chi connectivity index (χ0v) is 12.0. The van der Waals surface area contributed by atoms with E-state index in [9.17, 15) is 5.11 Å². The smallest absolute Gasteiger partial charge is 0.118 e. The number of phenols is 1. The molecule has 0 radical (unpaired) electrons. The summed E-state index contributed by atoms with van der Waals surface area (Å²) in [5, 5.41) is 12.9. The van der Waals surface area contributed by atoms with E-state index in [0.29, 0.717) is 12.3 Å². The maximum absolute atomic E-state index is 9.59. The molecular weight excluding hydrogens is 292 g/mol. The van der Waals surface area contributed by atoms with E-state index < -0.39 is 0 Å². The van der Waals surface area contributed by atoms with Crippen LogP contribution >= 0.6 is 15.9 Å². The standard InChI is InChI=1S/C14H15BrN2O/c1-9-6-14(18)10(2)5-13(9)17-8-12-4-3-11(15)7-16-12/h3-7,17-18H,8H2,1-2H3. The predicted molar refractivity (Wildman–Crippen MR) is 76.8 cm³/mol. The summed E-state index contributed by atoms with van der Waals surface area (Å²) in [4.78, 5) is 4.30. The van der Waals surface area contributed by atoms with Crippen molar-refractivity contribution in [2.75, 3.05) is 5.32 Å². The van der Waals surface area contributed by atoms with Crippen molar-refractivity contribution in [2.24, 2.45) is 0 Å². The highest BCUT2D eigenvalue weighted by molar-refractivity contribution is 9.10. The van der Waals surface area contributed by atoms with Crippen LogP contribution in [0.25, 0.3) is 0 Å². The van der Waals surface area contributed by atoms with Crippen molar-refractivity contribution in [3.8, 4) is 5.75 Å². The molecule has 0 fully saturated rings. The number of hydrogen-bond acceptors (Lipinski definition) is 3. The molecule has 2 rings (SSSR count). The maximum atomic E-state index is 9.59. The Morgan fingerprint density at radius 2 is 2.00 bits per heavy atom. The molecule has 0 amide bonds. The Hall–Kier alpha value is -1.55. The molecule has 0 aliphatic heterocycles. The van der Waals surface area contributed by atoms with Crippen LogP contribution in [0.5, 0.6) is 5.75 Å². The Bertz CT molecular complexity index is 552. The predicted octanol–water partition coefficient (Wildman–Crippen LogP) is 3.78. The minimum atomic E-state index is 0.333. The van der Waals surface area contributed by atoms with E-state index in [1.807, 2.05) is 32.0 Å². The van der Waals surface area contributed by atoms with Crippen LogP contribution in [0.2, 0.25) is 0 Å². The molecule has 2 aromatic rings. The number of aromatic nitrogens is 1. The Morgan fingerprint density at radius 3 is 2.67 bits per heavy atom. The second-order valence-corrected chi connectivity index (χ2v) is 5.19.